The van der Waals surface area contributed by atoms with Gasteiger partial charge in [-0.1, -0.05) is 43.3 Å². The van der Waals surface area contributed by atoms with Gasteiger partial charge in [-0.3, -0.25) is 0 Å². The van der Waals surface area contributed by atoms with Gasteiger partial charge in [-0.15, -0.1) is 0 Å². The fourth-order valence-corrected chi connectivity index (χ4v) is 6.82. The monoisotopic (exact) mass is 370 g/mol. The van der Waals surface area contributed by atoms with Crippen LogP contribution in [0.1, 0.15) is 59.3 Å². The van der Waals surface area contributed by atoms with Crippen molar-refractivity contribution in [3.8, 4) is 0 Å². The topological polar surface area (TPSA) is 26.3 Å². The van der Waals surface area contributed by atoms with E-state index < -0.39 is 0 Å². The van der Waals surface area contributed by atoms with Crippen LogP contribution in [-0.4, -0.2) is 17.4 Å². The van der Waals surface area contributed by atoms with Crippen LogP contribution in [-0.2, 0) is 9.53 Å². The number of rotatable bonds is 2. The minimum absolute atomic E-state index is 0.156. The van der Waals surface area contributed by atoms with Gasteiger partial charge < -0.3 is 4.74 Å². The highest BCUT2D eigenvalue weighted by Crippen LogP contribution is 2.65. The minimum atomic E-state index is -0.156. The van der Waals surface area contributed by atoms with Crippen LogP contribution >= 0.6 is 12.2 Å². The molecule has 0 bridgehead atoms. The lowest BCUT2D eigenvalue weighted by Crippen LogP contribution is -2.48. The number of carbonyl (C=O) groups excluding carboxylic acids is 1. The van der Waals surface area contributed by atoms with E-state index in [0.29, 0.717) is 18.4 Å². The Labute approximate surface area is 162 Å². The zero-order valence-corrected chi connectivity index (χ0v) is 17.0. The van der Waals surface area contributed by atoms with Gasteiger partial charge in [-0.25, -0.2) is 4.79 Å². The summed E-state index contributed by atoms with van der Waals surface area (Å²) in [6, 6.07) is 0. The van der Waals surface area contributed by atoms with Gasteiger partial charge >= 0.3 is 5.97 Å². The van der Waals surface area contributed by atoms with E-state index in [1.807, 2.05) is 13.0 Å². The van der Waals surface area contributed by atoms with Crippen LogP contribution in [0.2, 0.25) is 0 Å². The summed E-state index contributed by atoms with van der Waals surface area (Å²) in [6.07, 6.45) is 15.8. The molecular formula is C23H30O2S. The Bertz CT molecular complexity index is 730. The zero-order chi connectivity index (χ0) is 18.5. The Hall–Kier alpha value is -1.22. The largest absolute Gasteiger partial charge is 0.463 e. The molecule has 4 rings (SSSR count). The summed E-state index contributed by atoms with van der Waals surface area (Å²) in [6.45, 7) is 7.17. The van der Waals surface area contributed by atoms with Gasteiger partial charge in [0.2, 0.25) is 0 Å². The number of fused-ring (bicyclic) bond motifs is 5. The van der Waals surface area contributed by atoms with Gasteiger partial charge in [-0.05, 0) is 80.8 Å². The van der Waals surface area contributed by atoms with E-state index in [9.17, 15) is 4.79 Å². The molecule has 0 radical (unpaired) electrons. The summed E-state index contributed by atoms with van der Waals surface area (Å²) >= 11 is 5.43. The van der Waals surface area contributed by atoms with E-state index in [4.69, 9.17) is 17.0 Å². The highest BCUT2D eigenvalue weighted by molar-refractivity contribution is 7.81. The lowest BCUT2D eigenvalue weighted by atomic mass is 9.48. The molecule has 2 nitrogen and oxygen atoms in total. The van der Waals surface area contributed by atoms with Gasteiger partial charge in [-0.2, -0.15) is 0 Å². The number of carbonyl (C=O) groups is 1. The highest BCUT2D eigenvalue weighted by Gasteiger charge is 2.56. The molecule has 0 heterocycles. The smallest absolute Gasteiger partial charge is 0.330 e. The van der Waals surface area contributed by atoms with Gasteiger partial charge in [0.1, 0.15) is 0 Å². The molecule has 0 aromatic carbocycles. The molecule has 0 saturated heterocycles. The van der Waals surface area contributed by atoms with Crippen molar-refractivity contribution in [2.45, 2.75) is 59.3 Å². The standard InChI is InChI=1S/C23H30O2S/c1-4-25-21(24)14-16-6-8-19-18-7-5-15-13-17(26)9-11-22(15,2)20(18)10-12-23(16,19)3/h9,11,13-14,18-20H,4-8,10,12H2,1-3H3/b16-14-/t18-,19-,20-,22-,23+/m0/s1. The summed E-state index contributed by atoms with van der Waals surface area (Å²) in [7, 11) is 0. The number of hydrogen-bond donors (Lipinski definition) is 0. The van der Waals surface area contributed by atoms with E-state index in [1.165, 1.54) is 37.7 Å². The number of esters is 1. The first-order valence-electron chi connectivity index (χ1n) is 10.2. The molecule has 140 valence electrons. The van der Waals surface area contributed by atoms with Crippen molar-refractivity contribution in [1.82, 2.24) is 0 Å². The summed E-state index contributed by atoms with van der Waals surface area (Å²) in [4.78, 5) is 13.0. The molecule has 4 aliphatic rings. The second-order valence-corrected chi connectivity index (χ2v) is 9.49. The van der Waals surface area contributed by atoms with E-state index in [2.05, 4.69) is 32.1 Å². The number of thiocarbonyl (C=S) groups is 1. The maximum absolute atomic E-state index is 12.0. The molecule has 3 heteroatoms. The van der Waals surface area contributed by atoms with Crippen molar-refractivity contribution in [2.24, 2.45) is 28.6 Å². The average Bonchev–Trinajstić information content (AvgIpc) is 2.92. The summed E-state index contributed by atoms with van der Waals surface area (Å²) in [5.41, 5.74) is 3.25. The first kappa shape index (κ1) is 18.2. The van der Waals surface area contributed by atoms with Crippen molar-refractivity contribution in [3.63, 3.8) is 0 Å². The molecule has 3 saturated carbocycles. The summed E-state index contributed by atoms with van der Waals surface area (Å²) < 4.78 is 5.19. The second kappa shape index (κ2) is 6.44. The van der Waals surface area contributed by atoms with Crippen LogP contribution in [0.25, 0.3) is 0 Å². The summed E-state index contributed by atoms with van der Waals surface area (Å²) in [5, 5.41) is 0. The normalized spacial score (nSPS) is 42.7. The highest BCUT2D eigenvalue weighted by atomic mass is 32.1. The third kappa shape index (κ3) is 2.66. The fourth-order valence-electron chi connectivity index (χ4n) is 6.61. The van der Waals surface area contributed by atoms with Crippen molar-refractivity contribution >= 4 is 23.1 Å². The Kier molecular flexibility index (Phi) is 4.50. The SMILES string of the molecule is CCOC(=O)/C=C1/CC[C@H]2[C@@H]3CCC4=CC(=S)C=C[C@]4(C)[C@H]3CC[C@]12C. The summed E-state index contributed by atoms with van der Waals surface area (Å²) in [5.74, 6) is 2.00. The van der Waals surface area contributed by atoms with E-state index in [1.54, 1.807) is 5.57 Å². The Morgan fingerprint density at radius 3 is 2.85 bits per heavy atom. The maximum atomic E-state index is 12.0. The third-order valence-electron chi connectivity index (χ3n) is 7.98. The molecule has 0 aliphatic heterocycles. The number of hydrogen-bond acceptors (Lipinski definition) is 3. The van der Waals surface area contributed by atoms with Crippen LogP contribution in [0.3, 0.4) is 0 Å². The maximum Gasteiger partial charge on any atom is 0.330 e. The molecule has 3 fully saturated rings. The molecule has 0 aromatic heterocycles. The molecule has 0 N–H and O–H groups in total. The zero-order valence-electron chi connectivity index (χ0n) is 16.2. The molecule has 26 heavy (non-hydrogen) atoms. The van der Waals surface area contributed by atoms with Crippen LogP contribution in [0.5, 0.6) is 0 Å². The van der Waals surface area contributed by atoms with E-state index >= 15 is 0 Å². The van der Waals surface area contributed by atoms with Crippen LogP contribution < -0.4 is 0 Å². The fraction of sp³-hybridized carbons (Fsp3) is 0.652. The lowest BCUT2D eigenvalue weighted by Gasteiger charge is -2.56. The molecule has 0 spiro atoms. The number of allylic oxidation sites excluding steroid dienone is 5. The van der Waals surface area contributed by atoms with Crippen molar-refractivity contribution in [1.29, 1.82) is 0 Å². The Morgan fingerprint density at radius 2 is 2.08 bits per heavy atom. The molecule has 0 aromatic rings. The van der Waals surface area contributed by atoms with Crippen molar-refractivity contribution < 1.29 is 9.53 Å². The Balaban J connectivity index is 1.62. The van der Waals surface area contributed by atoms with Gasteiger partial charge in [0.15, 0.2) is 0 Å². The molecule has 5 atom stereocenters. The molecule has 0 amide bonds. The van der Waals surface area contributed by atoms with Crippen LogP contribution in [0, 0.1) is 28.6 Å². The lowest BCUT2D eigenvalue weighted by molar-refractivity contribution is -0.137. The second-order valence-electron chi connectivity index (χ2n) is 9.02. The minimum Gasteiger partial charge on any atom is -0.463 e. The Morgan fingerprint density at radius 1 is 1.27 bits per heavy atom. The predicted molar refractivity (Wildman–Crippen MR) is 109 cm³/mol. The molecule has 4 aliphatic carbocycles. The first-order chi connectivity index (χ1) is 12.4. The van der Waals surface area contributed by atoms with Gasteiger partial charge in [0, 0.05) is 16.4 Å². The molecule has 0 unspecified atom stereocenters. The predicted octanol–water partition coefficient (Wildman–Crippen LogP) is 5.58. The first-order valence-corrected chi connectivity index (χ1v) is 10.6. The van der Waals surface area contributed by atoms with E-state index in [0.717, 1.165) is 17.2 Å². The van der Waals surface area contributed by atoms with E-state index in [-0.39, 0.29) is 16.8 Å². The quantitative estimate of drug-likeness (QED) is 0.360. The van der Waals surface area contributed by atoms with Crippen LogP contribution in [0.4, 0.5) is 0 Å². The van der Waals surface area contributed by atoms with Crippen molar-refractivity contribution in [3.05, 3.63) is 35.5 Å². The van der Waals surface area contributed by atoms with Crippen LogP contribution in [0.15, 0.2) is 35.5 Å². The number of ether oxygens (including phenoxy) is 1. The third-order valence-corrected chi connectivity index (χ3v) is 8.24. The van der Waals surface area contributed by atoms with Crippen molar-refractivity contribution in [2.75, 3.05) is 6.61 Å². The average molecular weight is 371 g/mol. The van der Waals surface area contributed by atoms with Gasteiger partial charge in [0.25, 0.3) is 0 Å². The van der Waals surface area contributed by atoms with Gasteiger partial charge in [0.05, 0.1) is 6.61 Å². The molecular weight excluding hydrogens is 340 g/mol.